The molecule has 12 rings (SSSR count). The third-order valence-corrected chi connectivity index (χ3v) is 10.2. The van der Waals surface area contributed by atoms with E-state index in [9.17, 15) is 0 Å². The van der Waals surface area contributed by atoms with Crippen LogP contribution in [0.2, 0.25) is 0 Å². The maximum absolute atomic E-state index is 2.48. The lowest BCUT2D eigenvalue weighted by atomic mass is 9.92. The monoisotopic (exact) mass is 642 g/mol. The highest BCUT2D eigenvalue weighted by Crippen LogP contribution is 2.44. The summed E-state index contributed by atoms with van der Waals surface area (Å²) in [5.41, 5.74) is 12.7. The molecule has 8 aromatic carbocycles. The second-order valence-electron chi connectivity index (χ2n) is 13.3. The average molecular weight is 643 g/mol. The Morgan fingerprint density at radius 2 is 0.700 bits per heavy atom. The van der Waals surface area contributed by atoms with Gasteiger partial charge in [0.1, 0.15) is 0 Å². The van der Waals surface area contributed by atoms with E-state index in [2.05, 4.69) is 192 Å². The van der Waals surface area contributed by atoms with Crippen LogP contribution >= 0.6 is 0 Å². The number of rotatable bonds is 6. The second kappa shape index (κ2) is 13.1. The van der Waals surface area contributed by atoms with Crippen LogP contribution in [0, 0.1) is 0 Å². The van der Waals surface area contributed by atoms with Gasteiger partial charge in [0.15, 0.2) is 0 Å². The fourth-order valence-corrected chi connectivity index (χ4v) is 7.70. The molecule has 240 valence electrons. The number of benzene rings is 8. The van der Waals surface area contributed by atoms with Crippen molar-refractivity contribution in [2.75, 3.05) is 9.80 Å². The van der Waals surface area contributed by atoms with Crippen molar-refractivity contribution in [1.82, 2.24) is 0 Å². The molecular weight excluding hydrogens is 605 g/mol. The zero-order chi connectivity index (χ0) is 33.3. The van der Waals surface area contributed by atoms with Crippen molar-refractivity contribution in [2.24, 2.45) is 0 Å². The molecular formula is C48H38N2. The van der Waals surface area contributed by atoms with Gasteiger partial charge in [0.25, 0.3) is 0 Å². The summed E-state index contributed by atoms with van der Waals surface area (Å²) in [4.78, 5) is 4.97. The minimum atomic E-state index is 0.933. The first kappa shape index (κ1) is 30.0. The summed E-state index contributed by atoms with van der Waals surface area (Å²) in [6.07, 6.45) is 3.75. The van der Waals surface area contributed by atoms with Gasteiger partial charge in [-0.2, -0.15) is 0 Å². The van der Waals surface area contributed by atoms with Crippen molar-refractivity contribution < 1.29 is 0 Å². The highest BCUT2D eigenvalue weighted by atomic mass is 15.2. The van der Waals surface area contributed by atoms with Gasteiger partial charge in [-0.25, -0.2) is 0 Å². The van der Waals surface area contributed by atoms with Gasteiger partial charge in [-0.15, -0.1) is 0 Å². The molecule has 0 amide bonds. The molecule has 4 aliphatic carbocycles. The predicted octanol–water partition coefficient (Wildman–Crippen LogP) is 12.8. The number of nitrogens with zero attached hydrogens (tertiary/aromatic N) is 2. The van der Waals surface area contributed by atoms with Crippen molar-refractivity contribution in [2.45, 2.75) is 25.7 Å². The van der Waals surface area contributed by atoms with Gasteiger partial charge in [-0.05, 0) is 107 Å². The molecule has 0 fully saturated rings. The molecule has 0 N–H and O–H groups in total. The van der Waals surface area contributed by atoms with Gasteiger partial charge >= 0.3 is 0 Å². The number of hydrogen-bond donors (Lipinski definition) is 0. The van der Waals surface area contributed by atoms with Crippen LogP contribution < -0.4 is 9.80 Å². The van der Waals surface area contributed by atoms with Crippen LogP contribution in [-0.4, -0.2) is 0 Å². The fraction of sp³-hybridized carbons (Fsp3) is 0.0833. The minimum Gasteiger partial charge on any atom is -0.310 e. The predicted molar refractivity (Wildman–Crippen MR) is 212 cm³/mol. The van der Waals surface area contributed by atoms with E-state index in [0.717, 1.165) is 25.7 Å². The Kier molecular flexibility index (Phi) is 7.83. The largest absolute Gasteiger partial charge is 0.310 e. The van der Waals surface area contributed by atoms with Gasteiger partial charge in [0, 0.05) is 33.5 Å². The molecule has 2 heteroatoms. The van der Waals surface area contributed by atoms with Crippen molar-refractivity contribution in [3.05, 3.63) is 204 Å². The minimum absolute atomic E-state index is 0.933. The number of para-hydroxylation sites is 2. The maximum atomic E-state index is 2.48. The normalized spacial score (nSPS) is 12.5. The van der Waals surface area contributed by atoms with Crippen LogP contribution in [0.25, 0.3) is 21.5 Å². The molecule has 0 aromatic heterocycles. The first-order valence-electron chi connectivity index (χ1n) is 17.7. The summed E-state index contributed by atoms with van der Waals surface area (Å²) in [6, 6.07) is 66.9. The Morgan fingerprint density at radius 1 is 0.300 bits per heavy atom. The lowest BCUT2D eigenvalue weighted by Crippen LogP contribution is -2.15. The van der Waals surface area contributed by atoms with Gasteiger partial charge < -0.3 is 9.80 Å². The van der Waals surface area contributed by atoms with Crippen molar-refractivity contribution in [3.8, 4) is 0 Å². The highest BCUT2D eigenvalue weighted by Gasteiger charge is 2.22. The molecule has 4 bridgehead atoms. The smallest absolute Gasteiger partial charge is 0.0540 e. The van der Waals surface area contributed by atoms with Crippen LogP contribution in [-0.2, 0) is 25.7 Å². The lowest BCUT2D eigenvalue weighted by molar-refractivity contribution is 0.916. The van der Waals surface area contributed by atoms with E-state index in [0.29, 0.717) is 0 Å². The molecule has 0 saturated carbocycles. The van der Waals surface area contributed by atoms with E-state index in [1.165, 1.54) is 77.9 Å². The molecule has 0 spiro atoms. The van der Waals surface area contributed by atoms with E-state index in [1.54, 1.807) is 0 Å². The zero-order valence-electron chi connectivity index (χ0n) is 28.0. The third-order valence-electron chi connectivity index (χ3n) is 10.2. The standard InChI is InChI=1S/C48H38N2/c1-3-17-41(18-4-1)49(45-23-11-15-37-13-7-9-21-43(37)45)47-33-35-25-29-39(47)31-27-36-26-30-40(32-28-35)48(34-36)50(42-19-5-2-6-20-42)46-24-12-16-38-14-8-10-22-44(38)46/h1-26,29-30,33-34H,27-28,31-32H2. The van der Waals surface area contributed by atoms with Crippen LogP contribution in [0.5, 0.6) is 0 Å². The Bertz CT molecular complexity index is 2260. The second-order valence-corrected chi connectivity index (χ2v) is 13.3. The number of hydrogen-bond acceptors (Lipinski definition) is 2. The zero-order valence-corrected chi connectivity index (χ0v) is 28.0. The molecule has 0 radical (unpaired) electrons. The van der Waals surface area contributed by atoms with Gasteiger partial charge in [0.05, 0.1) is 11.4 Å². The van der Waals surface area contributed by atoms with E-state index in [-0.39, 0.29) is 0 Å². The molecule has 8 aromatic rings. The number of fused-ring (bicyclic) bond motifs is 2. The van der Waals surface area contributed by atoms with Crippen LogP contribution in [0.1, 0.15) is 22.3 Å². The Morgan fingerprint density at radius 3 is 1.16 bits per heavy atom. The summed E-state index contributed by atoms with van der Waals surface area (Å²) in [6.45, 7) is 0. The average Bonchev–Trinajstić information content (AvgIpc) is 3.17. The SMILES string of the molecule is c1ccc(N(c2cc3ccc2CCc2ccc(c(N(c4ccccc4)c4cccc5ccccc45)c2)CC3)c2cccc3ccccc23)cc1. The first-order chi connectivity index (χ1) is 24.8. The molecule has 4 aliphatic rings. The molecule has 0 heterocycles. The number of aryl methyl sites for hydroxylation is 4. The van der Waals surface area contributed by atoms with E-state index in [4.69, 9.17) is 0 Å². The van der Waals surface area contributed by atoms with Crippen LogP contribution in [0.4, 0.5) is 34.1 Å². The Labute approximate surface area is 294 Å². The van der Waals surface area contributed by atoms with Crippen LogP contribution in [0.15, 0.2) is 182 Å². The number of anilines is 6. The summed E-state index contributed by atoms with van der Waals surface area (Å²) >= 11 is 0. The summed E-state index contributed by atoms with van der Waals surface area (Å²) < 4.78 is 0. The Balaban J connectivity index is 1.17. The van der Waals surface area contributed by atoms with Gasteiger partial charge in [0.2, 0.25) is 0 Å². The van der Waals surface area contributed by atoms with E-state index < -0.39 is 0 Å². The lowest BCUT2D eigenvalue weighted by Gasteiger charge is -2.31. The highest BCUT2D eigenvalue weighted by molar-refractivity contribution is 6.00. The molecule has 0 unspecified atom stereocenters. The molecule has 0 atom stereocenters. The maximum Gasteiger partial charge on any atom is 0.0540 e. The van der Waals surface area contributed by atoms with Crippen molar-refractivity contribution in [1.29, 1.82) is 0 Å². The topological polar surface area (TPSA) is 6.48 Å². The van der Waals surface area contributed by atoms with Gasteiger partial charge in [-0.1, -0.05) is 133 Å². The summed E-state index contributed by atoms with van der Waals surface area (Å²) in [5.74, 6) is 0. The quantitative estimate of drug-likeness (QED) is 0.178. The van der Waals surface area contributed by atoms with Gasteiger partial charge in [-0.3, -0.25) is 0 Å². The third kappa shape index (κ3) is 5.59. The molecule has 2 nitrogen and oxygen atoms in total. The molecule has 0 saturated heterocycles. The van der Waals surface area contributed by atoms with Crippen molar-refractivity contribution in [3.63, 3.8) is 0 Å². The molecule has 50 heavy (non-hydrogen) atoms. The van der Waals surface area contributed by atoms with E-state index in [1.807, 2.05) is 0 Å². The first-order valence-corrected chi connectivity index (χ1v) is 17.7. The van der Waals surface area contributed by atoms with E-state index >= 15 is 0 Å². The summed E-state index contributed by atoms with van der Waals surface area (Å²) in [5, 5.41) is 5.01. The van der Waals surface area contributed by atoms with Crippen LogP contribution in [0.3, 0.4) is 0 Å². The molecule has 0 aliphatic heterocycles. The Hall–Kier alpha value is -6.12. The van der Waals surface area contributed by atoms with Crippen molar-refractivity contribution >= 4 is 55.7 Å². The fourth-order valence-electron chi connectivity index (χ4n) is 7.70. The summed E-state index contributed by atoms with van der Waals surface area (Å²) in [7, 11) is 0.